The quantitative estimate of drug-likeness (QED) is 0.556. The van der Waals surface area contributed by atoms with Crippen LogP contribution < -0.4 is 0 Å². The first-order chi connectivity index (χ1) is 13.5. The van der Waals surface area contributed by atoms with E-state index in [1.165, 1.54) is 34.3 Å². The molecule has 28 heavy (non-hydrogen) atoms. The number of benzene rings is 2. The van der Waals surface area contributed by atoms with Gasteiger partial charge in [-0.05, 0) is 29.7 Å². The second-order valence-corrected chi connectivity index (χ2v) is 8.96. The Morgan fingerprint density at radius 2 is 1.64 bits per heavy atom. The minimum Gasteiger partial charge on any atom is -0.336 e. The van der Waals surface area contributed by atoms with E-state index >= 15 is 0 Å². The molecule has 2 aromatic carbocycles. The fourth-order valence-corrected chi connectivity index (χ4v) is 5.07. The molecule has 144 valence electrons. The van der Waals surface area contributed by atoms with Crippen LogP contribution in [0.5, 0.6) is 0 Å². The Labute approximate surface area is 169 Å². The Hall–Kier alpha value is -2.60. The van der Waals surface area contributed by atoms with Crippen molar-refractivity contribution >= 4 is 27.7 Å². The van der Waals surface area contributed by atoms with Crippen molar-refractivity contribution < 1.29 is 13.2 Å². The maximum Gasteiger partial charge on any atom is 0.247 e. The molecule has 0 aromatic heterocycles. The molecule has 0 spiro atoms. The van der Waals surface area contributed by atoms with Crippen molar-refractivity contribution in [2.45, 2.75) is 9.79 Å². The molecule has 1 amide bonds. The van der Waals surface area contributed by atoms with Gasteiger partial charge in [0.25, 0.3) is 0 Å². The zero-order valence-corrected chi connectivity index (χ0v) is 16.7. The summed E-state index contributed by atoms with van der Waals surface area (Å²) >= 11 is 1.45. The zero-order valence-electron chi connectivity index (χ0n) is 15.1. The maximum atomic E-state index is 12.8. The van der Waals surface area contributed by atoms with Gasteiger partial charge in [0, 0.05) is 37.2 Å². The fraction of sp³-hybridized carbons (Fsp3) is 0.200. The molecule has 1 fully saturated rings. The second kappa shape index (κ2) is 9.06. The topological polar surface area (TPSA) is 81.5 Å². The molecular formula is C20H19N3O3S2. The molecule has 0 unspecified atom stereocenters. The van der Waals surface area contributed by atoms with E-state index in [0.717, 1.165) is 4.90 Å². The highest BCUT2D eigenvalue weighted by atomic mass is 32.2. The van der Waals surface area contributed by atoms with Crippen LogP contribution in [0, 0.1) is 11.3 Å². The minimum atomic E-state index is -3.76. The molecule has 0 saturated carbocycles. The first-order valence-electron chi connectivity index (χ1n) is 8.69. The van der Waals surface area contributed by atoms with E-state index in [1.54, 1.807) is 22.4 Å². The summed E-state index contributed by atoms with van der Waals surface area (Å²) in [6.07, 6.45) is 1.51. The lowest BCUT2D eigenvalue weighted by Crippen LogP contribution is -2.50. The van der Waals surface area contributed by atoms with Gasteiger partial charge in [0.2, 0.25) is 15.9 Å². The Balaban J connectivity index is 1.59. The van der Waals surface area contributed by atoms with Gasteiger partial charge in [0.1, 0.15) is 6.07 Å². The molecular weight excluding hydrogens is 394 g/mol. The van der Waals surface area contributed by atoms with Gasteiger partial charge in [-0.25, -0.2) is 8.42 Å². The third kappa shape index (κ3) is 4.62. The van der Waals surface area contributed by atoms with Crippen LogP contribution in [-0.4, -0.2) is 49.7 Å². The highest BCUT2D eigenvalue weighted by Gasteiger charge is 2.31. The standard InChI is InChI=1S/C20H19N3O3S2/c21-16-17-6-4-5-9-19(17)28(25,26)23-13-11-22(12-14-23)20(24)10-15-27-18-7-2-1-3-8-18/h1-10,15H,11-14H2/b15-10+. The van der Waals surface area contributed by atoms with Crippen LogP contribution in [0.2, 0.25) is 0 Å². The summed E-state index contributed by atoms with van der Waals surface area (Å²) in [6, 6.07) is 17.8. The largest absolute Gasteiger partial charge is 0.336 e. The van der Waals surface area contributed by atoms with Crippen LogP contribution in [-0.2, 0) is 14.8 Å². The number of sulfonamides is 1. The molecule has 1 aliphatic rings. The van der Waals surface area contributed by atoms with E-state index in [9.17, 15) is 13.2 Å². The third-order valence-electron chi connectivity index (χ3n) is 4.33. The summed E-state index contributed by atoms with van der Waals surface area (Å²) in [4.78, 5) is 15.0. The van der Waals surface area contributed by atoms with Crippen molar-refractivity contribution in [2.75, 3.05) is 26.2 Å². The van der Waals surface area contributed by atoms with Crippen molar-refractivity contribution in [1.29, 1.82) is 5.26 Å². The monoisotopic (exact) mass is 413 g/mol. The fourth-order valence-electron chi connectivity index (χ4n) is 2.85. The Morgan fingerprint density at radius 1 is 1.00 bits per heavy atom. The average Bonchev–Trinajstić information content (AvgIpc) is 2.74. The summed E-state index contributed by atoms with van der Waals surface area (Å²) in [6.45, 7) is 1.03. The van der Waals surface area contributed by atoms with E-state index in [2.05, 4.69) is 0 Å². The number of nitriles is 1. The summed E-state index contributed by atoms with van der Waals surface area (Å²) in [5, 5.41) is 10.9. The van der Waals surface area contributed by atoms with Crippen LogP contribution in [0.15, 0.2) is 75.9 Å². The van der Waals surface area contributed by atoms with E-state index in [1.807, 2.05) is 36.4 Å². The molecule has 0 bridgehead atoms. The predicted molar refractivity (Wildman–Crippen MR) is 108 cm³/mol. The van der Waals surface area contributed by atoms with Crippen LogP contribution in [0.25, 0.3) is 0 Å². The van der Waals surface area contributed by atoms with E-state index in [4.69, 9.17) is 5.26 Å². The lowest BCUT2D eigenvalue weighted by atomic mass is 10.2. The average molecular weight is 414 g/mol. The molecule has 1 heterocycles. The lowest BCUT2D eigenvalue weighted by molar-refractivity contribution is -0.127. The normalized spacial score (nSPS) is 15.5. The summed E-state index contributed by atoms with van der Waals surface area (Å²) in [5.41, 5.74) is 0.127. The first kappa shape index (κ1) is 20.1. The van der Waals surface area contributed by atoms with Crippen molar-refractivity contribution in [3.8, 4) is 6.07 Å². The number of carbonyl (C=O) groups excluding carboxylic acids is 1. The molecule has 2 aromatic rings. The van der Waals surface area contributed by atoms with Crippen molar-refractivity contribution in [3.05, 3.63) is 71.6 Å². The van der Waals surface area contributed by atoms with Crippen molar-refractivity contribution in [1.82, 2.24) is 9.21 Å². The van der Waals surface area contributed by atoms with Crippen molar-refractivity contribution in [3.63, 3.8) is 0 Å². The van der Waals surface area contributed by atoms with Gasteiger partial charge in [-0.3, -0.25) is 4.79 Å². The Bertz CT molecular complexity index is 1010. The van der Waals surface area contributed by atoms with Crippen molar-refractivity contribution in [2.24, 2.45) is 0 Å². The number of piperazine rings is 1. The Morgan fingerprint density at radius 3 is 2.32 bits per heavy atom. The molecule has 0 radical (unpaired) electrons. The number of hydrogen-bond donors (Lipinski definition) is 0. The van der Waals surface area contributed by atoms with Gasteiger partial charge >= 0.3 is 0 Å². The Kier molecular flexibility index (Phi) is 6.52. The van der Waals surface area contributed by atoms with Gasteiger partial charge < -0.3 is 4.90 Å². The highest BCUT2D eigenvalue weighted by molar-refractivity contribution is 8.02. The predicted octanol–water partition coefficient (Wildman–Crippen LogP) is 2.70. The third-order valence-corrected chi connectivity index (χ3v) is 7.11. The summed E-state index contributed by atoms with van der Waals surface area (Å²) < 4.78 is 27.0. The lowest BCUT2D eigenvalue weighted by Gasteiger charge is -2.33. The van der Waals surface area contributed by atoms with Crippen LogP contribution in [0.3, 0.4) is 0 Å². The van der Waals surface area contributed by atoms with Crippen LogP contribution in [0.1, 0.15) is 5.56 Å². The SMILES string of the molecule is N#Cc1ccccc1S(=O)(=O)N1CCN(C(=O)/C=C/Sc2ccccc2)CC1. The molecule has 1 aliphatic heterocycles. The number of thioether (sulfide) groups is 1. The van der Waals surface area contributed by atoms with E-state index in [-0.39, 0.29) is 29.5 Å². The molecule has 8 heteroatoms. The smallest absolute Gasteiger partial charge is 0.247 e. The molecule has 0 aliphatic carbocycles. The van der Waals surface area contributed by atoms with Gasteiger partial charge in [-0.2, -0.15) is 9.57 Å². The zero-order chi connectivity index (χ0) is 20.0. The molecule has 1 saturated heterocycles. The van der Waals surface area contributed by atoms with Gasteiger partial charge in [0.05, 0.1) is 10.5 Å². The number of nitrogens with zero attached hydrogens (tertiary/aromatic N) is 3. The number of carbonyl (C=O) groups is 1. The maximum absolute atomic E-state index is 12.8. The van der Waals surface area contributed by atoms with Crippen LogP contribution >= 0.6 is 11.8 Å². The molecule has 0 N–H and O–H groups in total. The van der Waals surface area contributed by atoms with Crippen LogP contribution in [0.4, 0.5) is 0 Å². The summed E-state index contributed by atoms with van der Waals surface area (Å²) in [5.74, 6) is -0.141. The number of rotatable bonds is 5. The highest BCUT2D eigenvalue weighted by Crippen LogP contribution is 2.22. The molecule has 3 rings (SSSR count). The first-order valence-corrected chi connectivity index (χ1v) is 11.0. The molecule has 6 nitrogen and oxygen atoms in total. The number of hydrogen-bond acceptors (Lipinski definition) is 5. The minimum absolute atomic E-state index is 0.0106. The van der Waals surface area contributed by atoms with Gasteiger partial charge in [-0.1, -0.05) is 42.1 Å². The molecule has 0 atom stereocenters. The van der Waals surface area contributed by atoms with Gasteiger partial charge in [-0.15, -0.1) is 0 Å². The second-order valence-electron chi connectivity index (χ2n) is 6.07. The van der Waals surface area contributed by atoms with E-state index < -0.39 is 10.0 Å². The number of amides is 1. The van der Waals surface area contributed by atoms with Gasteiger partial charge in [0.15, 0.2) is 0 Å². The summed E-state index contributed by atoms with van der Waals surface area (Å²) in [7, 11) is -3.76. The van der Waals surface area contributed by atoms with E-state index in [0.29, 0.717) is 13.1 Å².